The van der Waals surface area contributed by atoms with Crippen LogP contribution in [0.3, 0.4) is 0 Å². The van der Waals surface area contributed by atoms with Gasteiger partial charge in [0.05, 0.1) is 0 Å². The highest BCUT2D eigenvalue weighted by atomic mass is 16.3. The van der Waals surface area contributed by atoms with Crippen molar-refractivity contribution in [2.24, 2.45) is 0 Å². The molecule has 2 rings (SSSR count). The summed E-state index contributed by atoms with van der Waals surface area (Å²) in [7, 11) is 0. The Morgan fingerprint density at radius 1 is 0.850 bits per heavy atom. The van der Waals surface area contributed by atoms with Crippen LogP contribution in [0.15, 0.2) is 54.6 Å². The largest absolute Gasteiger partial charge is 0.508 e. The number of hydrogen-bond donors (Lipinski definition) is 1. The van der Waals surface area contributed by atoms with Gasteiger partial charge in [-0.2, -0.15) is 0 Å². The average Bonchev–Trinajstić information content (AvgIpc) is 2.48. The average molecular weight is 269 g/mol. The van der Waals surface area contributed by atoms with Crippen LogP contribution in [-0.2, 0) is 0 Å². The highest BCUT2D eigenvalue weighted by Crippen LogP contribution is 2.28. The molecule has 0 aliphatic heterocycles. The minimum atomic E-state index is 0.317. The lowest BCUT2D eigenvalue weighted by atomic mass is 10.1. The van der Waals surface area contributed by atoms with Gasteiger partial charge in [-0.15, -0.1) is 0 Å². The van der Waals surface area contributed by atoms with Crippen LogP contribution in [0.4, 0.5) is 11.4 Å². The van der Waals surface area contributed by atoms with Crippen LogP contribution in [0.25, 0.3) is 0 Å². The number of para-hydroxylation sites is 1. The first-order chi connectivity index (χ1) is 9.81. The molecule has 2 aromatic rings. The van der Waals surface area contributed by atoms with Crippen molar-refractivity contribution in [1.29, 1.82) is 0 Å². The predicted octanol–water partition coefficient (Wildman–Crippen LogP) is 5.11. The second-order valence-electron chi connectivity index (χ2n) is 5.07. The molecule has 0 saturated carbocycles. The summed E-state index contributed by atoms with van der Waals surface area (Å²) in [6.45, 7) is 3.21. The first-order valence-electron chi connectivity index (χ1n) is 7.43. The summed E-state index contributed by atoms with van der Waals surface area (Å²) < 4.78 is 0. The molecule has 0 aliphatic carbocycles. The number of unbranched alkanes of at least 4 members (excludes halogenated alkanes) is 3. The lowest BCUT2D eigenvalue weighted by molar-refractivity contribution is 0.475. The Kier molecular flexibility index (Phi) is 5.48. The van der Waals surface area contributed by atoms with Gasteiger partial charge >= 0.3 is 0 Å². The second-order valence-corrected chi connectivity index (χ2v) is 5.07. The molecule has 0 atom stereocenters. The molecular formula is C18H23NO. The monoisotopic (exact) mass is 269 g/mol. The molecule has 0 heterocycles. The SMILES string of the molecule is CCCCCCN(c1ccccc1)c1cccc(O)c1. The molecule has 0 saturated heterocycles. The van der Waals surface area contributed by atoms with Gasteiger partial charge in [-0.1, -0.05) is 50.5 Å². The van der Waals surface area contributed by atoms with Crippen molar-refractivity contribution in [2.45, 2.75) is 32.6 Å². The molecule has 0 fully saturated rings. The summed E-state index contributed by atoms with van der Waals surface area (Å²) >= 11 is 0. The highest BCUT2D eigenvalue weighted by Gasteiger charge is 2.09. The van der Waals surface area contributed by atoms with Crippen LogP contribution in [0, 0.1) is 0 Å². The van der Waals surface area contributed by atoms with Crippen molar-refractivity contribution >= 4 is 11.4 Å². The zero-order valence-corrected chi connectivity index (χ0v) is 12.1. The van der Waals surface area contributed by atoms with E-state index < -0.39 is 0 Å². The summed E-state index contributed by atoms with van der Waals surface area (Å²) in [6, 6.07) is 17.8. The van der Waals surface area contributed by atoms with E-state index in [9.17, 15) is 5.11 Å². The van der Waals surface area contributed by atoms with Gasteiger partial charge in [-0.25, -0.2) is 0 Å². The van der Waals surface area contributed by atoms with Gasteiger partial charge in [0, 0.05) is 24.0 Å². The Morgan fingerprint density at radius 3 is 2.30 bits per heavy atom. The fraction of sp³-hybridized carbons (Fsp3) is 0.333. The number of phenolic OH excluding ortho intramolecular Hbond substituents is 1. The van der Waals surface area contributed by atoms with Crippen molar-refractivity contribution in [1.82, 2.24) is 0 Å². The van der Waals surface area contributed by atoms with Crippen LogP contribution in [0.5, 0.6) is 5.75 Å². The van der Waals surface area contributed by atoms with Gasteiger partial charge in [-0.05, 0) is 30.7 Å². The number of phenols is 1. The summed E-state index contributed by atoms with van der Waals surface area (Å²) in [4.78, 5) is 2.27. The smallest absolute Gasteiger partial charge is 0.117 e. The maximum atomic E-state index is 9.69. The molecule has 2 nitrogen and oxygen atoms in total. The number of hydrogen-bond acceptors (Lipinski definition) is 2. The molecule has 0 radical (unpaired) electrons. The van der Waals surface area contributed by atoms with Crippen molar-refractivity contribution < 1.29 is 5.11 Å². The molecule has 0 spiro atoms. The molecule has 2 aromatic carbocycles. The number of rotatable bonds is 7. The van der Waals surface area contributed by atoms with Gasteiger partial charge in [0.15, 0.2) is 0 Å². The molecule has 20 heavy (non-hydrogen) atoms. The zero-order chi connectivity index (χ0) is 14.2. The van der Waals surface area contributed by atoms with E-state index in [2.05, 4.69) is 36.1 Å². The van der Waals surface area contributed by atoms with Gasteiger partial charge in [-0.3, -0.25) is 0 Å². The minimum Gasteiger partial charge on any atom is -0.508 e. The van der Waals surface area contributed by atoms with Gasteiger partial charge in [0.2, 0.25) is 0 Å². The third-order valence-electron chi connectivity index (χ3n) is 3.44. The third-order valence-corrected chi connectivity index (χ3v) is 3.44. The second kappa shape index (κ2) is 7.59. The lowest BCUT2D eigenvalue weighted by Gasteiger charge is -2.25. The van der Waals surface area contributed by atoms with Crippen LogP contribution in [0.1, 0.15) is 32.6 Å². The molecular weight excluding hydrogens is 246 g/mol. The van der Waals surface area contributed by atoms with E-state index in [1.54, 1.807) is 6.07 Å². The molecule has 1 N–H and O–H groups in total. The number of nitrogens with zero attached hydrogens (tertiary/aromatic N) is 1. The third kappa shape index (κ3) is 4.02. The summed E-state index contributed by atoms with van der Waals surface area (Å²) in [5, 5.41) is 9.69. The molecule has 0 aliphatic rings. The van der Waals surface area contributed by atoms with E-state index in [0.29, 0.717) is 5.75 Å². The van der Waals surface area contributed by atoms with Crippen LogP contribution >= 0.6 is 0 Å². The van der Waals surface area contributed by atoms with Crippen molar-refractivity contribution in [3.63, 3.8) is 0 Å². The van der Waals surface area contributed by atoms with E-state index in [1.807, 2.05) is 24.3 Å². The van der Waals surface area contributed by atoms with E-state index in [4.69, 9.17) is 0 Å². The molecule has 0 aromatic heterocycles. The fourth-order valence-electron chi connectivity index (χ4n) is 2.37. The summed E-state index contributed by atoms with van der Waals surface area (Å²) in [5.41, 5.74) is 2.22. The topological polar surface area (TPSA) is 23.5 Å². The standard InChI is InChI=1S/C18H23NO/c1-2-3-4-8-14-19(16-10-6-5-7-11-16)17-12-9-13-18(20)15-17/h5-7,9-13,15,20H,2-4,8,14H2,1H3. The molecule has 0 amide bonds. The first-order valence-corrected chi connectivity index (χ1v) is 7.43. The van der Waals surface area contributed by atoms with E-state index in [-0.39, 0.29) is 0 Å². The van der Waals surface area contributed by atoms with Crippen LogP contribution in [-0.4, -0.2) is 11.7 Å². The minimum absolute atomic E-state index is 0.317. The lowest BCUT2D eigenvalue weighted by Crippen LogP contribution is -2.18. The Morgan fingerprint density at radius 2 is 1.60 bits per heavy atom. The molecule has 106 valence electrons. The number of benzene rings is 2. The van der Waals surface area contributed by atoms with Crippen LogP contribution in [0.2, 0.25) is 0 Å². The normalized spacial score (nSPS) is 10.4. The maximum Gasteiger partial charge on any atom is 0.117 e. The summed E-state index contributed by atoms with van der Waals surface area (Å²) in [5.74, 6) is 0.317. The Balaban J connectivity index is 2.16. The first kappa shape index (κ1) is 14.4. The van der Waals surface area contributed by atoms with Gasteiger partial charge < -0.3 is 10.0 Å². The molecule has 0 unspecified atom stereocenters. The highest BCUT2D eigenvalue weighted by molar-refractivity contribution is 5.64. The molecule has 2 heteroatoms. The van der Waals surface area contributed by atoms with Crippen molar-refractivity contribution in [3.05, 3.63) is 54.6 Å². The van der Waals surface area contributed by atoms with Crippen molar-refractivity contribution in [2.75, 3.05) is 11.4 Å². The van der Waals surface area contributed by atoms with Crippen molar-refractivity contribution in [3.8, 4) is 5.75 Å². The quantitative estimate of drug-likeness (QED) is 0.706. The van der Waals surface area contributed by atoms with E-state index >= 15 is 0 Å². The van der Waals surface area contributed by atoms with Gasteiger partial charge in [0.25, 0.3) is 0 Å². The number of aromatic hydroxyl groups is 1. The summed E-state index contributed by atoms with van der Waals surface area (Å²) in [6.07, 6.45) is 4.94. The Bertz CT molecular complexity index is 510. The maximum absolute atomic E-state index is 9.69. The Hall–Kier alpha value is -1.96. The van der Waals surface area contributed by atoms with Crippen LogP contribution < -0.4 is 4.90 Å². The Labute approximate surface area is 121 Å². The fourth-order valence-corrected chi connectivity index (χ4v) is 2.37. The van der Waals surface area contributed by atoms with Gasteiger partial charge in [0.1, 0.15) is 5.75 Å². The van der Waals surface area contributed by atoms with E-state index in [1.165, 1.54) is 31.4 Å². The van der Waals surface area contributed by atoms with E-state index in [0.717, 1.165) is 12.2 Å². The zero-order valence-electron chi connectivity index (χ0n) is 12.1. The predicted molar refractivity (Wildman–Crippen MR) is 85.7 cm³/mol. The molecule has 0 bridgehead atoms. The number of anilines is 2.